The Kier molecular flexibility index (Phi) is 8.00. The van der Waals surface area contributed by atoms with Crippen molar-refractivity contribution in [2.24, 2.45) is 0 Å². The number of esters is 1. The number of fused-ring (bicyclic) bond motifs is 1. The third-order valence-corrected chi connectivity index (χ3v) is 5.98. The Morgan fingerprint density at radius 2 is 1.69 bits per heavy atom. The van der Waals surface area contributed by atoms with Crippen molar-refractivity contribution in [1.29, 1.82) is 0 Å². The van der Waals surface area contributed by atoms with Crippen molar-refractivity contribution < 1.29 is 18.7 Å². The quantitative estimate of drug-likeness (QED) is 0.284. The summed E-state index contributed by atoms with van der Waals surface area (Å²) in [4.78, 5) is 28.7. The van der Waals surface area contributed by atoms with Crippen LogP contribution in [0.15, 0.2) is 77.2 Å². The molecule has 2 atom stereocenters. The van der Waals surface area contributed by atoms with Crippen LogP contribution in [0.1, 0.15) is 43.1 Å². The van der Waals surface area contributed by atoms with Crippen LogP contribution in [0, 0.1) is 0 Å². The fourth-order valence-electron chi connectivity index (χ4n) is 3.92. The van der Waals surface area contributed by atoms with E-state index in [9.17, 15) is 9.59 Å². The molecule has 0 spiro atoms. The molecule has 1 heterocycles. The third kappa shape index (κ3) is 6.10. The fraction of sp³-hybridized carbons (Fsp3) is 0.276. The summed E-state index contributed by atoms with van der Waals surface area (Å²) in [7, 11) is 0. The molecule has 1 unspecified atom stereocenters. The Balaban J connectivity index is 1.34. The van der Waals surface area contributed by atoms with Crippen LogP contribution < -0.4 is 10.6 Å². The van der Waals surface area contributed by atoms with Gasteiger partial charge in [-0.05, 0) is 80.8 Å². The molecule has 1 amide bonds. The number of carbonyl (C=O) groups is 2. The predicted molar refractivity (Wildman–Crippen MR) is 141 cm³/mol. The second-order valence-electron chi connectivity index (χ2n) is 8.66. The van der Waals surface area contributed by atoms with E-state index in [0.717, 1.165) is 35.2 Å². The van der Waals surface area contributed by atoms with E-state index in [-0.39, 0.29) is 18.6 Å². The molecule has 0 aliphatic rings. The molecule has 0 aliphatic carbocycles. The zero-order chi connectivity index (χ0) is 25.5. The first-order valence-corrected chi connectivity index (χ1v) is 12.3. The van der Waals surface area contributed by atoms with E-state index in [1.807, 2.05) is 48.5 Å². The number of amides is 1. The first-order valence-electron chi connectivity index (χ1n) is 12.3. The van der Waals surface area contributed by atoms with Crippen molar-refractivity contribution in [3.05, 3.63) is 83.9 Å². The number of carbonyl (C=O) groups excluding carboxylic acids is 2. The summed E-state index contributed by atoms with van der Waals surface area (Å²) in [5.41, 5.74) is 5.20. The first-order chi connectivity index (χ1) is 17.5. The molecule has 0 aliphatic heterocycles. The lowest BCUT2D eigenvalue weighted by Gasteiger charge is -2.19. The van der Waals surface area contributed by atoms with Gasteiger partial charge in [0.1, 0.15) is 11.6 Å². The minimum absolute atomic E-state index is 0.226. The van der Waals surface area contributed by atoms with Gasteiger partial charge in [-0.1, -0.05) is 31.2 Å². The molecule has 186 valence electrons. The molecule has 0 saturated heterocycles. The smallest absolute Gasteiger partial charge is 0.328 e. The lowest BCUT2D eigenvalue weighted by Crippen LogP contribution is -2.39. The predicted octanol–water partition coefficient (Wildman–Crippen LogP) is 5.61. The highest BCUT2D eigenvalue weighted by atomic mass is 16.5. The molecule has 3 aromatic carbocycles. The maximum atomic E-state index is 12.4. The van der Waals surface area contributed by atoms with E-state index in [0.29, 0.717) is 11.5 Å². The van der Waals surface area contributed by atoms with Gasteiger partial charge in [-0.15, -0.1) is 0 Å². The van der Waals surface area contributed by atoms with E-state index in [1.54, 1.807) is 26.0 Å². The van der Waals surface area contributed by atoms with Crippen molar-refractivity contribution in [3.63, 3.8) is 0 Å². The van der Waals surface area contributed by atoms with Crippen LogP contribution in [0.25, 0.3) is 22.6 Å². The second-order valence-corrected chi connectivity index (χ2v) is 8.66. The van der Waals surface area contributed by atoms with E-state index in [1.165, 1.54) is 5.56 Å². The van der Waals surface area contributed by atoms with E-state index < -0.39 is 12.0 Å². The Hall–Kier alpha value is -4.13. The highest BCUT2D eigenvalue weighted by molar-refractivity contribution is 5.97. The Morgan fingerprint density at radius 1 is 0.972 bits per heavy atom. The van der Waals surface area contributed by atoms with Gasteiger partial charge in [0.05, 0.1) is 6.61 Å². The zero-order valence-electron chi connectivity index (χ0n) is 20.8. The summed E-state index contributed by atoms with van der Waals surface area (Å²) in [6, 6.07) is 22.8. The molecule has 0 bridgehead atoms. The second kappa shape index (κ2) is 11.5. The molecular weight excluding hydrogens is 454 g/mol. The van der Waals surface area contributed by atoms with E-state index in [4.69, 9.17) is 9.15 Å². The molecular formula is C29H31N3O4. The number of hydrogen-bond acceptors (Lipinski definition) is 6. The van der Waals surface area contributed by atoms with Gasteiger partial charge in [0.25, 0.3) is 5.91 Å². The van der Waals surface area contributed by atoms with Crippen LogP contribution in [-0.4, -0.2) is 35.6 Å². The molecule has 2 N–H and O–H groups in total. The van der Waals surface area contributed by atoms with Crippen LogP contribution in [-0.2, 0) is 16.0 Å². The third-order valence-electron chi connectivity index (χ3n) is 5.98. The molecule has 4 aromatic rings. The van der Waals surface area contributed by atoms with Gasteiger partial charge in [0, 0.05) is 22.9 Å². The Labute approximate surface area is 210 Å². The van der Waals surface area contributed by atoms with Crippen LogP contribution in [0.4, 0.5) is 5.69 Å². The average Bonchev–Trinajstić information content (AvgIpc) is 3.33. The zero-order valence-corrected chi connectivity index (χ0v) is 20.8. The summed E-state index contributed by atoms with van der Waals surface area (Å²) in [5, 5.41) is 6.21. The summed E-state index contributed by atoms with van der Waals surface area (Å²) in [6.07, 6.45) is 1.79. The van der Waals surface area contributed by atoms with Gasteiger partial charge in [0.15, 0.2) is 5.58 Å². The molecule has 0 fully saturated rings. The fourth-order valence-corrected chi connectivity index (χ4v) is 3.92. The van der Waals surface area contributed by atoms with E-state index in [2.05, 4.69) is 34.7 Å². The maximum absolute atomic E-state index is 12.4. The molecule has 7 nitrogen and oxygen atoms in total. The highest BCUT2D eigenvalue weighted by Crippen LogP contribution is 2.25. The van der Waals surface area contributed by atoms with Crippen molar-refractivity contribution in [3.8, 4) is 11.5 Å². The lowest BCUT2D eigenvalue weighted by atomic mass is 10.0. The number of ether oxygens (including phenoxy) is 1. The number of nitrogens with one attached hydrogen (secondary N) is 2. The maximum Gasteiger partial charge on any atom is 0.328 e. The number of rotatable bonds is 10. The summed E-state index contributed by atoms with van der Waals surface area (Å²) >= 11 is 0. The van der Waals surface area contributed by atoms with Gasteiger partial charge < -0.3 is 19.8 Å². The van der Waals surface area contributed by atoms with Crippen molar-refractivity contribution in [2.75, 3.05) is 11.9 Å². The normalized spacial score (nSPS) is 12.6. The van der Waals surface area contributed by atoms with Gasteiger partial charge in [0.2, 0.25) is 5.89 Å². The average molecular weight is 486 g/mol. The summed E-state index contributed by atoms with van der Waals surface area (Å²) in [5.74, 6) is -0.140. The number of anilines is 1. The van der Waals surface area contributed by atoms with Crippen LogP contribution in [0.2, 0.25) is 0 Å². The van der Waals surface area contributed by atoms with Crippen LogP contribution in [0.5, 0.6) is 0 Å². The summed E-state index contributed by atoms with van der Waals surface area (Å²) < 4.78 is 10.8. The highest BCUT2D eigenvalue weighted by Gasteiger charge is 2.17. The Morgan fingerprint density at radius 3 is 2.36 bits per heavy atom. The summed E-state index contributed by atoms with van der Waals surface area (Å²) in [6.45, 7) is 5.76. The van der Waals surface area contributed by atoms with Crippen molar-refractivity contribution >= 4 is 28.7 Å². The van der Waals surface area contributed by atoms with Gasteiger partial charge in [-0.3, -0.25) is 4.79 Å². The monoisotopic (exact) mass is 485 g/mol. The molecule has 4 rings (SSSR count). The van der Waals surface area contributed by atoms with Gasteiger partial charge in [-0.2, -0.15) is 0 Å². The topological polar surface area (TPSA) is 93.5 Å². The van der Waals surface area contributed by atoms with Gasteiger partial charge >= 0.3 is 5.97 Å². The molecule has 7 heteroatoms. The molecule has 0 saturated carbocycles. The lowest BCUT2D eigenvalue weighted by molar-refractivity contribution is -0.144. The number of aromatic nitrogens is 1. The standard InChI is InChI=1S/C29H31N3O4/c1-4-23(31-24-16-14-21(15-17-24)27(33)30-19(3)29(34)35-5-2)18-20-10-12-22(13-11-20)28-32-25-8-6-7-9-26(25)36-28/h6-17,19,23,31H,4-5,18H2,1-3H3,(H,30,33)/t19-,23?/m1/s1. The molecule has 36 heavy (non-hydrogen) atoms. The number of hydrogen-bond donors (Lipinski definition) is 2. The first kappa shape index (κ1) is 25.0. The minimum atomic E-state index is -0.700. The minimum Gasteiger partial charge on any atom is -0.464 e. The number of para-hydroxylation sites is 2. The molecule has 0 radical (unpaired) electrons. The van der Waals surface area contributed by atoms with Crippen LogP contribution >= 0.6 is 0 Å². The SMILES string of the molecule is CCOC(=O)[C@@H](C)NC(=O)c1ccc(NC(CC)Cc2ccc(-c3nc4ccccc4o3)cc2)cc1. The van der Waals surface area contributed by atoms with Crippen molar-refractivity contribution in [2.45, 2.75) is 45.7 Å². The Bertz CT molecular complexity index is 1280. The van der Waals surface area contributed by atoms with Gasteiger partial charge in [-0.25, -0.2) is 9.78 Å². The molecule has 1 aromatic heterocycles. The largest absolute Gasteiger partial charge is 0.464 e. The van der Waals surface area contributed by atoms with Crippen molar-refractivity contribution in [1.82, 2.24) is 10.3 Å². The number of benzene rings is 3. The van der Waals surface area contributed by atoms with E-state index >= 15 is 0 Å². The number of nitrogens with zero attached hydrogens (tertiary/aromatic N) is 1. The number of oxazole rings is 1. The van der Waals surface area contributed by atoms with Crippen LogP contribution in [0.3, 0.4) is 0 Å².